The molecular formula is C25H22F6N4O7. The Balaban J connectivity index is 1.61. The summed E-state index contributed by atoms with van der Waals surface area (Å²) < 4.78 is 97.6. The van der Waals surface area contributed by atoms with Gasteiger partial charge < -0.3 is 35.3 Å². The minimum Gasteiger partial charge on any atom is -0.405 e. The smallest absolute Gasteiger partial charge is 0.405 e. The van der Waals surface area contributed by atoms with E-state index >= 15 is 0 Å². The largest absolute Gasteiger partial charge is 0.573 e. The molecular weight excluding hydrogens is 582 g/mol. The molecule has 2 aromatic carbocycles. The van der Waals surface area contributed by atoms with Gasteiger partial charge >= 0.3 is 6.36 Å². The van der Waals surface area contributed by atoms with Gasteiger partial charge in [-0.15, -0.1) is 18.3 Å². The number of nitrogens with two attached hydrogens (primary N) is 1. The zero-order valence-electron chi connectivity index (χ0n) is 21.1. The third-order valence-electron chi connectivity index (χ3n) is 7.20. The lowest BCUT2D eigenvalue weighted by atomic mass is 9.78. The molecule has 11 nitrogen and oxygen atoms in total. The molecule has 3 heterocycles. The fraction of sp³-hybridized carbons (Fsp3) is 0.400. The highest BCUT2D eigenvalue weighted by Gasteiger charge is 2.62. The summed E-state index contributed by atoms with van der Waals surface area (Å²) in [7, 11) is 0. The number of alkyl halides is 3. The fourth-order valence-corrected chi connectivity index (χ4v) is 5.45. The van der Waals surface area contributed by atoms with Gasteiger partial charge in [-0.05, 0) is 30.7 Å². The van der Waals surface area contributed by atoms with E-state index in [9.17, 15) is 46.5 Å². The average molecular weight is 604 g/mol. The van der Waals surface area contributed by atoms with Crippen molar-refractivity contribution in [2.45, 2.75) is 48.8 Å². The van der Waals surface area contributed by atoms with E-state index < -0.39 is 89.3 Å². The molecule has 226 valence electrons. The SMILES string of the molecule is NC(=O)c1cccc(OC(F)(F)F)c1[C@H]1CCO[C@]12O[C@H](CO)[C@H](O)[C@H](n1cc(-c3cc(F)c(F)c(F)c3)nn1)[C@H]2O. The Bertz CT molecular complexity index is 1480. The Morgan fingerprint density at radius 3 is 2.50 bits per heavy atom. The number of ether oxygens (including phenoxy) is 3. The van der Waals surface area contributed by atoms with Crippen molar-refractivity contribution in [1.29, 1.82) is 0 Å². The minimum atomic E-state index is -5.19. The number of rotatable bonds is 6. The van der Waals surface area contributed by atoms with Crippen LogP contribution in [0.3, 0.4) is 0 Å². The lowest BCUT2D eigenvalue weighted by Crippen LogP contribution is -2.64. The van der Waals surface area contributed by atoms with Gasteiger partial charge in [0.05, 0.1) is 19.4 Å². The van der Waals surface area contributed by atoms with Gasteiger partial charge in [-0.25, -0.2) is 17.9 Å². The molecule has 0 saturated carbocycles. The van der Waals surface area contributed by atoms with Crippen molar-refractivity contribution in [3.63, 3.8) is 0 Å². The van der Waals surface area contributed by atoms with Crippen molar-refractivity contribution in [1.82, 2.24) is 15.0 Å². The Hall–Kier alpha value is -3.77. The van der Waals surface area contributed by atoms with Gasteiger partial charge in [0.25, 0.3) is 0 Å². The van der Waals surface area contributed by atoms with Gasteiger partial charge in [0.15, 0.2) is 17.5 Å². The van der Waals surface area contributed by atoms with Gasteiger partial charge in [0.2, 0.25) is 11.7 Å². The number of aliphatic hydroxyl groups is 3. The van der Waals surface area contributed by atoms with Gasteiger partial charge in [-0.3, -0.25) is 4.79 Å². The number of halogens is 6. The van der Waals surface area contributed by atoms with E-state index in [0.29, 0.717) is 12.1 Å². The molecule has 0 unspecified atom stereocenters. The predicted molar refractivity (Wildman–Crippen MR) is 126 cm³/mol. The van der Waals surface area contributed by atoms with Crippen molar-refractivity contribution in [2.75, 3.05) is 13.2 Å². The highest BCUT2D eigenvalue weighted by molar-refractivity contribution is 5.95. The van der Waals surface area contributed by atoms with Crippen molar-refractivity contribution < 1.29 is 60.7 Å². The highest BCUT2D eigenvalue weighted by Crippen LogP contribution is 2.53. The van der Waals surface area contributed by atoms with E-state index in [1.807, 2.05) is 0 Å². The van der Waals surface area contributed by atoms with Crippen LogP contribution in [0.1, 0.15) is 34.3 Å². The zero-order valence-corrected chi connectivity index (χ0v) is 21.1. The Morgan fingerprint density at radius 2 is 1.88 bits per heavy atom. The van der Waals surface area contributed by atoms with Crippen LogP contribution in [-0.2, 0) is 9.47 Å². The van der Waals surface area contributed by atoms with Crippen LogP contribution in [0.5, 0.6) is 5.75 Å². The minimum absolute atomic E-state index is 0.132. The normalized spacial score (nSPS) is 27.9. The number of carbonyl (C=O) groups excluding carboxylic acids is 1. The Labute approximate surface area is 232 Å². The van der Waals surface area contributed by atoms with E-state index in [4.69, 9.17) is 15.2 Å². The molecule has 3 aromatic rings. The number of aromatic nitrogens is 3. The van der Waals surface area contributed by atoms with Crippen LogP contribution in [0.25, 0.3) is 11.3 Å². The molecule has 2 saturated heterocycles. The first-order valence-corrected chi connectivity index (χ1v) is 12.3. The number of hydrogen-bond donors (Lipinski definition) is 4. The fourth-order valence-electron chi connectivity index (χ4n) is 5.45. The highest BCUT2D eigenvalue weighted by atomic mass is 19.4. The van der Waals surface area contributed by atoms with Gasteiger partial charge in [-0.2, -0.15) is 0 Å². The van der Waals surface area contributed by atoms with Crippen LogP contribution < -0.4 is 10.5 Å². The summed E-state index contributed by atoms with van der Waals surface area (Å²) in [5.74, 6) is -10.4. The van der Waals surface area contributed by atoms with Crippen LogP contribution in [-0.4, -0.2) is 79.9 Å². The van der Waals surface area contributed by atoms with Crippen LogP contribution in [0, 0.1) is 17.5 Å². The topological polar surface area (TPSA) is 162 Å². The molecule has 6 atom stereocenters. The molecule has 5 N–H and O–H groups in total. The van der Waals surface area contributed by atoms with E-state index in [-0.39, 0.29) is 24.3 Å². The van der Waals surface area contributed by atoms with Crippen molar-refractivity contribution >= 4 is 5.91 Å². The van der Waals surface area contributed by atoms with Crippen LogP contribution in [0.4, 0.5) is 26.3 Å². The molecule has 17 heteroatoms. The third kappa shape index (κ3) is 5.06. The summed E-state index contributed by atoms with van der Waals surface area (Å²) in [4.78, 5) is 12.3. The summed E-state index contributed by atoms with van der Waals surface area (Å²) in [6, 6.07) is 2.87. The number of primary amides is 1. The molecule has 5 rings (SSSR count). The molecule has 0 aliphatic carbocycles. The first-order valence-electron chi connectivity index (χ1n) is 12.3. The molecule has 1 spiro atoms. The maximum atomic E-state index is 13.8. The van der Waals surface area contributed by atoms with E-state index in [0.717, 1.165) is 29.1 Å². The number of hydrogen-bond acceptors (Lipinski definition) is 9. The Kier molecular flexibility index (Phi) is 7.65. The molecule has 42 heavy (non-hydrogen) atoms. The van der Waals surface area contributed by atoms with Crippen molar-refractivity contribution in [2.24, 2.45) is 5.73 Å². The number of aliphatic hydroxyl groups excluding tert-OH is 3. The summed E-state index contributed by atoms with van der Waals surface area (Å²) in [5.41, 5.74) is 4.20. The predicted octanol–water partition coefficient (Wildman–Crippen LogP) is 1.91. The summed E-state index contributed by atoms with van der Waals surface area (Å²) in [5, 5.41) is 40.2. The molecule has 1 amide bonds. The van der Waals surface area contributed by atoms with E-state index in [2.05, 4.69) is 15.0 Å². The summed E-state index contributed by atoms with van der Waals surface area (Å²) in [6.07, 6.45) is -9.51. The molecule has 2 aliphatic heterocycles. The summed E-state index contributed by atoms with van der Waals surface area (Å²) in [6.45, 7) is -1.10. The second-order valence-corrected chi connectivity index (χ2v) is 9.64. The van der Waals surface area contributed by atoms with Gasteiger partial charge in [0.1, 0.15) is 35.8 Å². The van der Waals surface area contributed by atoms with Crippen LogP contribution >= 0.6 is 0 Å². The standard InChI is InChI=1S/C25H22F6N4O7/c26-13-6-10(7-14(27)19(13)28)15-8-35(34-33-15)20-21(37)17(9-36)41-24(22(20)38)12(4-5-40-24)18-11(23(32)39)2-1-3-16(18)42-25(29,30)31/h1-3,6-8,12,17,20-22,36-38H,4-5,9H2,(H2,32,39)/t12-,17-,20+,21+,22-,24+/m1/s1. The Morgan fingerprint density at radius 1 is 1.19 bits per heavy atom. The lowest BCUT2D eigenvalue weighted by molar-refractivity contribution is -0.345. The molecule has 2 aliphatic rings. The quantitative estimate of drug-likeness (QED) is 0.243. The average Bonchev–Trinajstić information content (AvgIpc) is 3.56. The van der Waals surface area contributed by atoms with Crippen LogP contribution in [0.15, 0.2) is 36.5 Å². The van der Waals surface area contributed by atoms with Crippen LogP contribution in [0.2, 0.25) is 0 Å². The van der Waals surface area contributed by atoms with E-state index in [1.54, 1.807) is 0 Å². The van der Waals surface area contributed by atoms with Gasteiger partial charge in [-0.1, -0.05) is 11.3 Å². The molecule has 0 radical (unpaired) electrons. The zero-order chi connectivity index (χ0) is 30.6. The number of amides is 1. The maximum absolute atomic E-state index is 13.8. The molecule has 1 aromatic heterocycles. The first kappa shape index (κ1) is 29.7. The number of nitrogens with zero attached hydrogens (tertiary/aromatic N) is 3. The monoisotopic (exact) mass is 604 g/mol. The molecule has 0 bridgehead atoms. The van der Waals surface area contributed by atoms with Crippen molar-refractivity contribution in [3.8, 4) is 17.0 Å². The lowest BCUT2D eigenvalue weighted by Gasteiger charge is -2.50. The summed E-state index contributed by atoms with van der Waals surface area (Å²) >= 11 is 0. The van der Waals surface area contributed by atoms with E-state index in [1.165, 1.54) is 0 Å². The molecule has 2 fully saturated rings. The van der Waals surface area contributed by atoms with Crippen molar-refractivity contribution in [3.05, 3.63) is 65.1 Å². The van der Waals surface area contributed by atoms with Gasteiger partial charge in [0, 0.05) is 22.6 Å². The maximum Gasteiger partial charge on any atom is 0.573 e. The first-order chi connectivity index (χ1) is 19.8. The third-order valence-corrected chi connectivity index (χ3v) is 7.20. The second-order valence-electron chi connectivity index (χ2n) is 9.64. The number of benzene rings is 2. The number of carbonyl (C=O) groups is 1. The second kappa shape index (κ2) is 10.8.